The first-order valence-corrected chi connectivity index (χ1v) is 9.17. The van der Waals surface area contributed by atoms with E-state index < -0.39 is 5.97 Å². The van der Waals surface area contributed by atoms with Crippen molar-refractivity contribution in [2.24, 2.45) is 11.1 Å². The van der Waals surface area contributed by atoms with E-state index in [1.807, 2.05) is 43.3 Å². The van der Waals surface area contributed by atoms with Crippen molar-refractivity contribution in [3.05, 3.63) is 77.6 Å². The van der Waals surface area contributed by atoms with E-state index in [-0.39, 0.29) is 6.61 Å². The largest absolute Gasteiger partial charge is 0.503 e. The number of oxime groups is 1. The standard InChI is InChI=1S/C23H27NO4/c1-17-9-12-19(13-10-17)14-11-18(2)24-28-15-20-7-5-6-8-21(20)22(16-26-3)23(25)27-4/h5-9,11-14,16-17H,10,15H2,1-4H3/b14-11+,22-16+,24-18+. The summed E-state index contributed by atoms with van der Waals surface area (Å²) in [5, 5.41) is 4.14. The van der Waals surface area contributed by atoms with E-state index >= 15 is 0 Å². The first kappa shape index (κ1) is 21.2. The molecule has 148 valence electrons. The molecule has 5 nitrogen and oxygen atoms in total. The van der Waals surface area contributed by atoms with Crippen LogP contribution in [0.25, 0.3) is 5.57 Å². The van der Waals surface area contributed by atoms with Gasteiger partial charge in [-0.3, -0.25) is 0 Å². The molecule has 1 atom stereocenters. The highest BCUT2D eigenvalue weighted by Crippen LogP contribution is 2.22. The maximum Gasteiger partial charge on any atom is 0.341 e. The number of hydrogen-bond donors (Lipinski definition) is 0. The van der Waals surface area contributed by atoms with Gasteiger partial charge in [-0.05, 0) is 36.5 Å². The lowest BCUT2D eigenvalue weighted by Gasteiger charge is -2.11. The van der Waals surface area contributed by atoms with Crippen LogP contribution in [0.5, 0.6) is 0 Å². The number of methoxy groups -OCH3 is 2. The SMILES string of the molecule is CO/C=C(/C(=O)OC)c1ccccc1CO/N=C(C)/C=C/C1=CCC(C)C=C1. The fourth-order valence-electron chi connectivity index (χ4n) is 2.68. The summed E-state index contributed by atoms with van der Waals surface area (Å²) in [5.41, 5.74) is 3.75. The van der Waals surface area contributed by atoms with E-state index in [0.717, 1.165) is 17.7 Å². The highest BCUT2D eigenvalue weighted by molar-refractivity contribution is 6.16. The predicted octanol–water partition coefficient (Wildman–Crippen LogP) is 4.82. The summed E-state index contributed by atoms with van der Waals surface area (Å²) in [7, 11) is 2.82. The second-order valence-electron chi connectivity index (χ2n) is 6.53. The molecule has 1 aliphatic rings. The van der Waals surface area contributed by atoms with Crippen molar-refractivity contribution in [3.8, 4) is 0 Å². The quantitative estimate of drug-likeness (QED) is 0.213. The Labute approximate surface area is 166 Å². The van der Waals surface area contributed by atoms with Crippen molar-refractivity contribution >= 4 is 17.3 Å². The van der Waals surface area contributed by atoms with Crippen molar-refractivity contribution in [2.75, 3.05) is 14.2 Å². The maximum atomic E-state index is 12.0. The molecule has 0 bridgehead atoms. The molecular formula is C23H27NO4. The van der Waals surface area contributed by atoms with Crippen LogP contribution in [0.1, 0.15) is 31.4 Å². The molecule has 0 heterocycles. The van der Waals surface area contributed by atoms with Gasteiger partial charge in [0.1, 0.15) is 12.2 Å². The van der Waals surface area contributed by atoms with Crippen LogP contribution in [0.3, 0.4) is 0 Å². The monoisotopic (exact) mass is 381 g/mol. The van der Waals surface area contributed by atoms with E-state index in [1.54, 1.807) is 0 Å². The summed E-state index contributed by atoms with van der Waals surface area (Å²) in [6.45, 7) is 4.29. The number of nitrogens with zero attached hydrogens (tertiary/aromatic N) is 1. The molecule has 1 aromatic rings. The van der Waals surface area contributed by atoms with Gasteiger partial charge >= 0.3 is 5.97 Å². The number of esters is 1. The minimum atomic E-state index is -0.472. The summed E-state index contributed by atoms with van der Waals surface area (Å²) in [6.07, 6.45) is 12.9. The van der Waals surface area contributed by atoms with Crippen LogP contribution in [-0.4, -0.2) is 25.9 Å². The van der Waals surface area contributed by atoms with Crippen molar-refractivity contribution in [1.82, 2.24) is 0 Å². The Morgan fingerprint density at radius 1 is 1.29 bits per heavy atom. The zero-order valence-electron chi connectivity index (χ0n) is 16.8. The van der Waals surface area contributed by atoms with Crippen molar-refractivity contribution in [3.63, 3.8) is 0 Å². The van der Waals surface area contributed by atoms with Gasteiger partial charge < -0.3 is 14.3 Å². The van der Waals surface area contributed by atoms with Gasteiger partial charge in [0.15, 0.2) is 0 Å². The van der Waals surface area contributed by atoms with Crippen molar-refractivity contribution in [2.45, 2.75) is 26.9 Å². The number of rotatable bonds is 8. The number of hydrogen-bond acceptors (Lipinski definition) is 5. The second kappa shape index (κ2) is 10.9. The number of benzene rings is 1. The summed E-state index contributed by atoms with van der Waals surface area (Å²) < 4.78 is 9.86. The van der Waals surface area contributed by atoms with Crippen LogP contribution in [0.4, 0.5) is 0 Å². The average molecular weight is 381 g/mol. The van der Waals surface area contributed by atoms with Gasteiger partial charge in [-0.15, -0.1) is 0 Å². The summed E-state index contributed by atoms with van der Waals surface area (Å²) in [4.78, 5) is 17.5. The van der Waals surface area contributed by atoms with E-state index in [9.17, 15) is 4.79 Å². The van der Waals surface area contributed by atoms with Crippen LogP contribution in [0.2, 0.25) is 0 Å². The molecule has 0 N–H and O–H groups in total. The first-order chi connectivity index (χ1) is 13.5. The fraction of sp³-hybridized carbons (Fsp3) is 0.304. The topological polar surface area (TPSA) is 57.1 Å². The third-order valence-electron chi connectivity index (χ3n) is 4.24. The fourth-order valence-corrected chi connectivity index (χ4v) is 2.68. The van der Waals surface area contributed by atoms with Crippen molar-refractivity contribution < 1.29 is 19.1 Å². The van der Waals surface area contributed by atoms with Crippen molar-refractivity contribution in [1.29, 1.82) is 0 Å². The van der Waals surface area contributed by atoms with Gasteiger partial charge in [-0.2, -0.15) is 0 Å². The minimum absolute atomic E-state index is 0.222. The van der Waals surface area contributed by atoms with Crippen LogP contribution < -0.4 is 0 Å². The molecule has 1 aromatic carbocycles. The molecule has 0 fully saturated rings. The highest BCUT2D eigenvalue weighted by Gasteiger charge is 2.16. The van der Waals surface area contributed by atoms with Gasteiger partial charge in [0, 0.05) is 5.56 Å². The summed E-state index contributed by atoms with van der Waals surface area (Å²) in [6, 6.07) is 7.42. The third kappa shape index (κ3) is 6.27. The van der Waals surface area contributed by atoms with Crippen LogP contribution in [0.15, 0.2) is 71.6 Å². The molecule has 0 amide bonds. The number of carbonyl (C=O) groups excluding carboxylic acids is 1. The third-order valence-corrected chi connectivity index (χ3v) is 4.24. The Hall–Kier alpha value is -3.08. The molecule has 5 heteroatoms. The average Bonchev–Trinajstić information content (AvgIpc) is 2.71. The highest BCUT2D eigenvalue weighted by atomic mass is 16.6. The molecule has 28 heavy (non-hydrogen) atoms. The van der Waals surface area contributed by atoms with Gasteiger partial charge in [-0.1, -0.05) is 60.6 Å². The Kier molecular flexibility index (Phi) is 8.28. The smallest absolute Gasteiger partial charge is 0.341 e. The summed E-state index contributed by atoms with van der Waals surface area (Å²) in [5.74, 6) is 0.123. The van der Waals surface area contributed by atoms with E-state index in [1.165, 1.54) is 26.1 Å². The molecule has 0 saturated carbocycles. The number of ether oxygens (including phenoxy) is 2. The molecule has 0 radical (unpaired) electrons. The maximum absolute atomic E-state index is 12.0. The first-order valence-electron chi connectivity index (χ1n) is 9.17. The van der Waals surface area contributed by atoms with Crippen LogP contribution >= 0.6 is 0 Å². The lowest BCUT2D eigenvalue weighted by Crippen LogP contribution is -2.07. The van der Waals surface area contributed by atoms with E-state index in [0.29, 0.717) is 17.1 Å². The molecule has 2 rings (SSSR count). The predicted molar refractivity (Wildman–Crippen MR) is 111 cm³/mol. The normalized spacial score (nSPS) is 17.4. The zero-order chi connectivity index (χ0) is 20.4. The van der Waals surface area contributed by atoms with Gasteiger partial charge in [0.2, 0.25) is 0 Å². The molecule has 1 unspecified atom stereocenters. The number of carbonyl (C=O) groups is 1. The molecule has 0 aromatic heterocycles. The Bertz CT molecular complexity index is 831. The van der Waals surface area contributed by atoms with Gasteiger partial charge in [0.05, 0.1) is 26.2 Å². The zero-order valence-corrected chi connectivity index (χ0v) is 16.8. The van der Waals surface area contributed by atoms with E-state index in [2.05, 4.69) is 30.3 Å². The second-order valence-corrected chi connectivity index (χ2v) is 6.53. The minimum Gasteiger partial charge on any atom is -0.503 e. The lowest BCUT2D eigenvalue weighted by molar-refractivity contribution is -0.133. The van der Waals surface area contributed by atoms with Gasteiger partial charge in [-0.25, -0.2) is 4.79 Å². The van der Waals surface area contributed by atoms with Crippen LogP contribution in [0, 0.1) is 5.92 Å². The molecule has 0 saturated heterocycles. The molecular weight excluding hydrogens is 354 g/mol. The van der Waals surface area contributed by atoms with E-state index in [4.69, 9.17) is 14.3 Å². The Balaban J connectivity index is 2.04. The lowest BCUT2D eigenvalue weighted by atomic mass is 9.98. The van der Waals surface area contributed by atoms with Crippen LogP contribution in [-0.2, 0) is 25.7 Å². The summed E-state index contributed by atoms with van der Waals surface area (Å²) >= 11 is 0. The Morgan fingerprint density at radius 3 is 2.75 bits per heavy atom. The van der Waals surface area contributed by atoms with Gasteiger partial charge in [0.25, 0.3) is 0 Å². The molecule has 0 aliphatic heterocycles. The Morgan fingerprint density at radius 2 is 2.07 bits per heavy atom. The molecule has 0 spiro atoms. The molecule has 1 aliphatic carbocycles. The number of allylic oxidation sites excluding steroid dienone is 6.